The SMILES string of the molecule is CC(F)(F)CNC(=O)CNC(=O)c1ccc(C2=NOC(c3cc(Cl)cc(C(F)(F)F)c3)(C(F)(F)F)C2)c2ccccc12. The summed E-state index contributed by atoms with van der Waals surface area (Å²) in [4.78, 5) is 29.5. The van der Waals surface area contributed by atoms with Gasteiger partial charge in [-0.1, -0.05) is 47.1 Å². The highest BCUT2D eigenvalue weighted by Gasteiger charge is 2.62. The third-order valence-electron chi connectivity index (χ3n) is 6.36. The van der Waals surface area contributed by atoms with Gasteiger partial charge in [-0.15, -0.1) is 0 Å². The summed E-state index contributed by atoms with van der Waals surface area (Å²) < 4.78 is 109. The van der Waals surface area contributed by atoms with Crippen LogP contribution >= 0.6 is 11.6 Å². The fourth-order valence-electron chi connectivity index (χ4n) is 4.36. The third kappa shape index (κ3) is 6.42. The van der Waals surface area contributed by atoms with Crippen molar-refractivity contribution in [2.24, 2.45) is 5.16 Å². The zero-order valence-corrected chi connectivity index (χ0v) is 22.1. The van der Waals surface area contributed by atoms with Crippen LogP contribution in [0.3, 0.4) is 0 Å². The van der Waals surface area contributed by atoms with Crippen molar-refractivity contribution in [2.45, 2.75) is 37.2 Å². The summed E-state index contributed by atoms with van der Waals surface area (Å²) in [7, 11) is 0. The molecule has 0 saturated heterocycles. The Balaban J connectivity index is 1.65. The second kappa shape index (κ2) is 11.0. The van der Waals surface area contributed by atoms with Gasteiger partial charge in [0.25, 0.3) is 17.4 Å². The zero-order chi connectivity index (χ0) is 31.1. The van der Waals surface area contributed by atoms with E-state index in [-0.39, 0.29) is 27.6 Å². The standard InChI is InChI=1S/C27H20ClF8N3O3/c1-24(29,30)13-38-22(40)12-37-23(41)20-7-6-19(17-4-2-3-5-18(17)20)21-11-25(42-39-21,27(34,35)36)14-8-15(26(31,32)33)10-16(28)9-14/h2-10H,11-13H2,1H3,(H,37,41)(H,38,40). The second-order valence-corrected chi connectivity index (χ2v) is 10.0. The Hall–Kier alpha value is -3.94. The molecule has 0 saturated carbocycles. The Morgan fingerprint density at radius 1 is 0.952 bits per heavy atom. The Morgan fingerprint density at radius 2 is 1.62 bits per heavy atom. The predicted octanol–water partition coefficient (Wildman–Crippen LogP) is 6.60. The summed E-state index contributed by atoms with van der Waals surface area (Å²) in [5, 5.41) is 7.77. The molecule has 1 aliphatic heterocycles. The largest absolute Gasteiger partial charge is 0.435 e. The van der Waals surface area contributed by atoms with Crippen LogP contribution in [-0.2, 0) is 21.4 Å². The van der Waals surface area contributed by atoms with Crippen molar-refractivity contribution in [3.63, 3.8) is 0 Å². The fourth-order valence-corrected chi connectivity index (χ4v) is 4.59. The molecular formula is C27H20ClF8N3O3. The molecule has 3 aromatic rings. The first-order valence-electron chi connectivity index (χ1n) is 12.1. The minimum atomic E-state index is -5.22. The topological polar surface area (TPSA) is 79.8 Å². The second-order valence-electron chi connectivity index (χ2n) is 9.59. The van der Waals surface area contributed by atoms with Gasteiger partial charge in [0.05, 0.1) is 24.4 Å². The first kappa shape index (κ1) is 31.0. The molecule has 6 nitrogen and oxygen atoms in total. The van der Waals surface area contributed by atoms with Crippen LogP contribution in [0.15, 0.2) is 59.8 Å². The van der Waals surface area contributed by atoms with Gasteiger partial charge < -0.3 is 15.5 Å². The predicted molar refractivity (Wildman–Crippen MR) is 136 cm³/mol. The van der Waals surface area contributed by atoms with E-state index in [1.54, 1.807) is 0 Å². The maximum absolute atomic E-state index is 14.5. The van der Waals surface area contributed by atoms with Crippen LogP contribution in [0.2, 0.25) is 5.02 Å². The van der Waals surface area contributed by atoms with Crippen molar-refractivity contribution in [3.8, 4) is 0 Å². The summed E-state index contributed by atoms with van der Waals surface area (Å²) in [6, 6.07) is 10.1. The molecule has 0 aromatic heterocycles. The molecule has 42 heavy (non-hydrogen) atoms. The smallest absolute Gasteiger partial charge is 0.374 e. The Labute approximate surface area is 237 Å². The van der Waals surface area contributed by atoms with Crippen LogP contribution in [0.1, 0.15) is 40.4 Å². The Kier molecular flexibility index (Phi) is 8.15. The molecule has 1 unspecified atom stereocenters. The van der Waals surface area contributed by atoms with E-state index in [0.717, 1.165) is 6.07 Å². The number of nitrogens with zero attached hydrogens (tertiary/aromatic N) is 1. The Bertz CT molecular complexity index is 1570. The van der Waals surface area contributed by atoms with Crippen LogP contribution < -0.4 is 10.6 Å². The van der Waals surface area contributed by atoms with Gasteiger partial charge in [0.2, 0.25) is 5.91 Å². The van der Waals surface area contributed by atoms with Crippen molar-refractivity contribution in [3.05, 3.63) is 81.9 Å². The zero-order valence-electron chi connectivity index (χ0n) is 21.4. The van der Waals surface area contributed by atoms with Gasteiger partial charge in [-0.25, -0.2) is 8.78 Å². The van der Waals surface area contributed by atoms with Crippen molar-refractivity contribution in [1.29, 1.82) is 0 Å². The molecule has 0 aliphatic carbocycles. The van der Waals surface area contributed by atoms with Crippen LogP contribution in [0.4, 0.5) is 35.1 Å². The van der Waals surface area contributed by atoms with E-state index in [9.17, 15) is 44.7 Å². The average molecular weight is 622 g/mol. The van der Waals surface area contributed by atoms with Gasteiger partial charge in [0.15, 0.2) is 0 Å². The van der Waals surface area contributed by atoms with Crippen LogP contribution in [0.25, 0.3) is 10.8 Å². The minimum absolute atomic E-state index is 0.00855. The fraction of sp³-hybridized carbons (Fsp3) is 0.296. The first-order valence-corrected chi connectivity index (χ1v) is 12.4. The molecule has 15 heteroatoms. The maximum atomic E-state index is 14.5. The van der Waals surface area contributed by atoms with E-state index in [2.05, 4.69) is 10.5 Å². The number of halogens is 9. The molecule has 0 spiro atoms. The molecule has 0 bridgehead atoms. The lowest BCUT2D eigenvalue weighted by Crippen LogP contribution is -2.43. The summed E-state index contributed by atoms with van der Waals surface area (Å²) in [6.07, 6.45) is -11.2. The van der Waals surface area contributed by atoms with E-state index in [0.29, 0.717) is 19.1 Å². The molecular weight excluding hydrogens is 602 g/mol. The lowest BCUT2D eigenvalue weighted by Gasteiger charge is -2.30. The van der Waals surface area contributed by atoms with Gasteiger partial charge in [-0.2, -0.15) is 26.3 Å². The summed E-state index contributed by atoms with van der Waals surface area (Å²) in [5.74, 6) is -4.80. The van der Waals surface area contributed by atoms with Gasteiger partial charge in [-0.05, 0) is 35.0 Å². The number of hydrogen-bond donors (Lipinski definition) is 2. The number of fused-ring (bicyclic) bond motifs is 1. The number of nitrogens with one attached hydrogen (secondary N) is 2. The van der Waals surface area contributed by atoms with Crippen molar-refractivity contribution in [1.82, 2.24) is 10.6 Å². The number of benzene rings is 3. The number of amides is 2. The van der Waals surface area contributed by atoms with Crippen LogP contribution in [0.5, 0.6) is 0 Å². The number of rotatable bonds is 7. The van der Waals surface area contributed by atoms with Gasteiger partial charge in [0.1, 0.15) is 0 Å². The van der Waals surface area contributed by atoms with E-state index in [1.807, 2.05) is 5.32 Å². The third-order valence-corrected chi connectivity index (χ3v) is 6.58. The summed E-state index contributed by atoms with van der Waals surface area (Å²) in [6.45, 7) is -0.957. The van der Waals surface area contributed by atoms with Crippen molar-refractivity contribution < 1.29 is 49.5 Å². The van der Waals surface area contributed by atoms with Gasteiger partial charge in [-0.3, -0.25) is 9.59 Å². The molecule has 4 rings (SSSR count). The highest BCUT2D eigenvalue weighted by atomic mass is 35.5. The van der Waals surface area contributed by atoms with E-state index in [4.69, 9.17) is 16.4 Å². The number of carbonyl (C=O) groups is 2. The normalized spacial score (nSPS) is 17.5. The molecule has 2 N–H and O–H groups in total. The average Bonchev–Trinajstić information content (AvgIpc) is 3.36. The van der Waals surface area contributed by atoms with Gasteiger partial charge in [0, 0.05) is 35.1 Å². The lowest BCUT2D eigenvalue weighted by molar-refractivity contribution is -0.276. The number of alkyl halides is 8. The Morgan fingerprint density at radius 3 is 2.24 bits per heavy atom. The van der Waals surface area contributed by atoms with E-state index >= 15 is 0 Å². The monoisotopic (exact) mass is 621 g/mol. The molecule has 1 atom stereocenters. The minimum Gasteiger partial charge on any atom is -0.374 e. The quantitative estimate of drug-likeness (QED) is 0.292. The van der Waals surface area contributed by atoms with Crippen LogP contribution in [-0.4, -0.2) is 42.7 Å². The highest BCUT2D eigenvalue weighted by Crippen LogP contribution is 2.50. The lowest BCUT2D eigenvalue weighted by atomic mass is 9.84. The highest BCUT2D eigenvalue weighted by molar-refractivity contribution is 6.30. The van der Waals surface area contributed by atoms with Crippen molar-refractivity contribution in [2.75, 3.05) is 13.1 Å². The molecule has 3 aromatic carbocycles. The molecule has 1 aliphatic rings. The molecule has 2 amide bonds. The van der Waals surface area contributed by atoms with E-state index in [1.165, 1.54) is 36.4 Å². The number of carbonyl (C=O) groups excluding carboxylic acids is 2. The molecule has 224 valence electrons. The first-order chi connectivity index (χ1) is 19.4. The van der Waals surface area contributed by atoms with Crippen LogP contribution in [0, 0.1) is 0 Å². The number of oxime groups is 1. The summed E-state index contributed by atoms with van der Waals surface area (Å²) >= 11 is 5.75. The van der Waals surface area contributed by atoms with Crippen molar-refractivity contribution >= 4 is 39.9 Å². The molecule has 0 fully saturated rings. The summed E-state index contributed by atoms with van der Waals surface area (Å²) in [5.41, 5.74) is -5.73. The molecule has 0 radical (unpaired) electrons. The van der Waals surface area contributed by atoms with E-state index < -0.39 is 71.4 Å². The number of hydrogen-bond acceptors (Lipinski definition) is 4. The van der Waals surface area contributed by atoms with Gasteiger partial charge >= 0.3 is 12.4 Å². The molecule has 1 heterocycles. The maximum Gasteiger partial charge on any atom is 0.435 e.